The van der Waals surface area contributed by atoms with E-state index in [1.807, 2.05) is 30.3 Å². The number of rotatable bonds is 15. The maximum Gasteiger partial charge on any atom is 0.417 e. The Balaban J connectivity index is 1.04. The monoisotopic (exact) mass is 616 g/mol. The van der Waals surface area contributed by atoms with Crippen LogP contribution in [0.1, 0.15) is 24.0 Å². The Hall–Kier alpha value is -4.94. The molecule has 1 saturated heterocycles. The number of piperazine rings is 1. The van der Waals surface area contributed by atoms with Crippen molar-refractivity contribution in [2.45, 2.75) is 19.4 Å². The molecular weight excluding hydrogens is 576 g/mol. The van der Waals surface area contributed by atoms with Gasteiger partial charge in [-0.25, -0.2) is 14.5 Å². The first-order valence-electron chi connectivity index (χ1n) is 14.9. The van der Waals surface area contributed by atoms with Crippen molar-refractivity contribution in [1.29, 1.82) is 10.8 Å². The number of nitrogens with one attached hydrogen (secondary N) is 3. The van der Waals surface area contributed by atoms with Crippen LogP contribution in [-0.4, -0.2) is 91.7 Å². The highest BCUT2D eigenvalue weighted by Gasteiger charge is 2.16. The number of benzene rings is 3. The van der Waals surface area contributed by atoms with Crippen LogP contribution >= 0.6 is 0 Å². The van der Waals surface area contributed by atoms with Crippen LogP contribution in [-0.2, 0) is 11.3 Å². The first-order chi connectivity index (χ1) is 21.9. The summed E-state index contributed by atoms with van der Waals surface area (Å²) in [4.78, 5) is 28.8. The maximum atomic E-state index is 12.0. The Kier molecular flexibility index (Phi) is 12.7. The van der Waals surface area contributed by atoms with Gasteiger partial charge in [-0.05, 0) is 66.9 Å². The standard InChI is InChI=1S/C33H40N6O6/c34-25-39(33(41)42)28-10-14-30(15-11-28)44-23-5-17-38-20-18-37(19-21-38)16-4-22-43-29-12-8-27(9-13-29)31(35)36-32(40)45-24-26-6-2-1-3-7-26/h1-3,6-15,25,34H,4-5,16-24H2,(H,41,42)(H2,35,36,40). The van der Waals surface area contributed by atoms with E-state index in [1.165, 1.54) is 0 Å². The summed E-state index contributed by atoms with van der Waals surface area (Å²) in [5, 5.41) is 26.9. The van der Waals surface area contributed by atoms with Crippen LogP contribution in [0.5, 0.6) is 11.5 Å². The van der Waals surface area contributed by atoms with E-state index in [-0.39, 0.29) is 12.4 Å². The lowest BCUT2D eigenvalue weighted by Gasteiger charge is -2.34. The Bertz CT molecular complexity index is 1380. The molecule has 1 aliphatic heterocycles. The summed E-state index contributed by atoms with van der Waals surface area (Å²) >= 11 is 0. The molecule has 12 nitrogen and oxygen atoms in total. The molecule has 1 aliphatic rings. The predicted octanol–water partition coefficient (Wildman–Crippen LogP) is 4.89. The Morgan fingerprint density at radius 1 is 0.822 bits per heavy atom. The number of hydrogen-bond donors (Lipinski definition) is 4. The van der Waals surface area contributed by atoms with Gasteiger partial charge in [-0.15, -0.1) is 0 Å². The summed E-state index contributed by atoms with van der Waals surface area (Å²) in [5.41, 5.74) is 1.84. The van der Waals surface area contributed by atoms with Crippen molar-refractivity contribution in [3.63, 3.8) is 0 Å². The van der Waals surface area contributed by atoms with Gasteiger partial charge in [-0.2, -0.15) is 0 Å². The minimum absolute atomic E-state index is 0.0347. The Morgan fingerprint density at radius 3 is 1.87 bits per heavy atom. The van der Waals surface area contributed by atoms with Crippen molar-refractivity contribution < 1.29 is 28.9 Å². The molecule has 0 aliphatic carbocycles. The van der Waals surface area contributed by atoms with E-state index in [1.54, 1.807) is 48.5 Å². The molecule has 0 atom stereocenters. The van der Waals surface area contributed by atoms with Gasteiger partial charge in [0.2, 0.25) is 0 Å². The first-order valence-corrected chi connectivity index (χ1v) is 14.9. The number of alkyl carbamates (subject to hydrolysis) is 1. The number of carbonyl (C=O) groups excluding carboxylic acids is 1. The minimum atomic E-state index is -1.20. The highest BCUT2D eigenvalue weighted by molar-refractivity contribution is 6.04. The molecule has 0 aromatic heterocycles. The van der Waals surface area contributed by atoms with E-state index in [2.05, 4.69) is 15.1 Å². The molecule has 0 spiro atoms. The van der Waals surface area contributed by atoms with E-state index >= 15 is 0 Å². The zero-order valence-corrected chi connectivity index (χ0v) is 25.2. The number of carboxylic acid groups (broad SMARTS) is 1. The van der Waals surface area contributed by atoms with Gasteiger partial charge in [0.25, 0.3) is 0 Å². The number of hydrogen-bond acceptors (Lipinski definition) is 9. The van der Waals surface area contributed by atoms with E-state index in [0.717, 1.165) is 74.7 Å². The topological polar surface area (TPSA) is 152 Å². The highest BCUT2D eigenvalue weighted by atomic mass is 16.5. The van der Waals surface area contributed by atoms with Crippen LogP contribution in [0.4, 0.5) is 15.3 Å². The third kappa shape index (κ3) is 10.9. The van der Waals surface area contributed by atoms with Gasteiger partial charge >= 0.3 is 12.2 Å². The lowest BCUT2D eigenvalue weighted by molar-refractivity contribution is 0.120. The first kappa shape index (κ1) is 33.0. The lowest BCUT2D eigenvalue weighted by Crippen LogP contribution is -2.47. The summed E-state index contributed by atoms with van der Waals surface area (Å²) in [6.07, 6.45) is 0.685. The minimum Gasteiger partial charge on any atom is -0.494 e. The van der Waals surface area contributed by atoms with Crippen molar-refractivity contribution in [1.82, 2.24) is 15.1 Å². The fraction of sp³-hybridized carbons (Fsp3) is 0.333. The zero-order valence-electron chi connectivity index (χ0n) is 25.2. The molecule has 1 fully saturated rings. The summed E-state index contributed by atoms with van der Waals surface area (Å²) in [6.45, 7) is 7.24. The molecule has 4 N–H and O–H groups in total. The van der Waals surface area contributed by atoms with Gasteiger partial charge < -0.3 is 29.1 Å². The fourth-order valence-electron chi connectivity index (χ4n) is 4.79. The number of anilines is 1. The molecule has 0 radical (unpaired) electrons. The quantitative estimate of drug-likeness (QED) is 0.107. The van der Waals surface area contributed by atoms with E-state index in [9.17, 15) is 9.59 Å². The smallest absolute Gasteiger partial charge is 0.417 e. The predicted molar refractivity (Wildman–Crippen MR) is 172 cm³/mol. The average molecular weight is 617 g/mol. The van der Waals surface area contributed by atoms with E-state index in [0.29, 0.717) is 30.2 Å². The average Bonchev–Trinajstić information content (AvgIpc) is 3.06. The van der Waals surface area contributed by atoms with E-state index in [4.69, 9.17) is 30.1 Å². The van der Waals surface area contributed by atoms with Gasteiger partial charge in [0.05, 0.1) is 25.2 Å². The van der Waals surface area contributed by atoms with Gasteiger partial charge in [-0.1, -0.05) is 30.3 Å². The van der Waals surface area contributed by atoms with Gasteiger partial charge in [0.1, 0.15) is 23.9 Å². The second-order valence-corrected chi connectivity index (χ2v) is 10.4. The number of ether oxygens (including phenoxy) is 3. The van der Waals surface area contributed by atoms with Crippen LogP contribution in [0.25, 0.3) is 0 Å². The van der Waals surface area contributed by atoms with Crippen molar-refractivity contribution in [3.8, 4) is 11.5 Å². The van der Waals surface area contributed by atoms with Crippen LogP contribution < -0.4 is 19.7 Å². The molecule has 45 heavy (non-hydrogen) atoms. The molecule has 4 rings (SSSR count). The fourth-order valence-corrected chi connectivity index (χ4v) is 4.79. The third-order valence-corrected chi connectivity index (χ3v) is 7.27. The summed E-state index contributed by atoms with van der Waals surface area (Å²) in [5.74, 6) is 1.35. The molecule has 2 amide bonds. The third-order valence-electron chi connectivity index (χ3n) is 7.27. The Labute approximate surface area is 263 Å². The van der Waals surface area contributed by atoms with Crippen molar-refractivity contribution in [2.24, 2.45) is 0 Å². The van der Waals surface area contributed by atoms with Crippen LogP contribution in [0.3, 0.4) is 0 Å². The molecule has 0 unspecified atom stereocenters. The number of amides is 2. The maximum absolute atomic E-state index is 12.0. The molecule has 1 heterocycles. The van der Waals surface area contributed by atoms with Crippen LogP contribution in [0.15, 0.2) is 78.9 Å². The number of carbonyl (C=O) groups is 2. The Morgan fingerprint density at radius 2 is 1.36 bits per heavy atom. The van der Waals surface area contributed by atoms with Crippen LogP contribution in [0.2, 0.25) is 0 Å². The van der Waals surface area contributed by atoms with Gasteiger partial charge in [0.15, 0.2) is 0 Å². The van der Waals surface area contributed by atoms with Crippen molar-refractivity contribution in [3.05, 3.63) is 90.0 Å². The van der Waals surface area contributed by atoms with Crippen LogP contribution in [0, 0.1) is 10.8 Å². The van der Waals surface area contributed by atoms with Gasteiger partial charge in [0, 0.05) is 44.8 Å². The molecular formula is C33H40N6O6. The van der Waals surface area contributed by atoms with E-state index < -0.39 is 12.2 Å². The van der Waals surface area contributed by atoms with Crippen molar-refractivity contribution >= 4 is 30.0 Å². The number of nitrogens with zero attached hydrogens (tertiary/aromatic N) is 3. The summed E-state index contributed by atoms with van der Waals surface area (Å²) < 4.78 is 16.9. The normalized spacial score (nSPS) is 13.4. The molecule has 0 saturated carbocycles. The highest BCUT2D eigenvalue weighted by Crippen LogP contribution is 2.19. The molecule has 12 heteroatoms. The van der Waals surface area contributed by atoms with Gasteiger partial charge in [-0.3, -0.25) is 16.1 Å². The molecule has 3 aromatic carbocycles. The number of amidine groups is 1. The largest absolute Gasteiger partial charge is 0.494 e. The second-order valence-electron chi connectivity index (χ2n) is 10.4. The summed E-state index contributed by atoms with van der Waals surface area (Å²) in [7, 11) is 0. The molecule has 0 bridgehead atoms. The lowest BCUT2D eigenvalue weighted by atomic mass is 10.2. The second kappa shape index (κ2) is 17.4. The zero-order chi connectivity index (χ0) is 31.9. The molecule has 3 aromatic rings. The SMILES string of the molecule is N=CN(C(=O)O)c1ccc(OCCCN2CCN(CCCOc3ccc(C(=N)NC(=O)OCc4ccccc4)cc3)CC2)cc1. The molecule has 238 valence electrons. The van der Waals surface area contributed by atoms with Crippen molar-refractivity contribution in [2.75, 3.05) is 57.4 Å². The summed E-state index contributed by atoms with van der Waals surface area (Å²) in [6, 6.07) is 23.1.